The molecule has 0 spiro atoms. The Morgan fingerprint density at radius 2 is 1.95 bits per heavy atom. The number of likely N-dealkylation sites (N-methyl/N-ethyl adjacent to an activating group) is 1. The molecule has 22 heavy (non-hydrogen) atoms. The maximum atomic E-state index is 13.0. The van der Waals surface area contributed by atoms with Gasteiger partial charge < -0.3 is 14.4 Å². The molecule has 0 unspecified atom stereocenters. The zero-order chi connectivity index (χ0) is 15.1. The van der Waals surface area contributed by atoms with Crippen LogP contribution < -0.4 is 9.47 Å². The number of para-hydroxylation sites is 1. The van der Waals surface area contributed by atoms with Crippen molar-refractivity contribution in [1.82, 2.24) is 9.80 Å². The summed E-state index contributed by atoms with van der Waals surface area (Å²) in [7, 11) is 2.19. The van der Waals surface area contributed by atoms with Gasteiger partial charge in [-0.2, -0.15) is 0 Å². The van der Waals surface area contributed by atoms with E-state index in [2.05, 4.69) is 11.9 Å². The van der Waals surface area contributed by atoms with Gasteiger partial charge in [-0.05, 0) is 38.4 Å². The highest BCUT2D eigenvalue weighted by Gasteiger charge is 2.37. The molecule has 0 saturated carbocycles. The van der Waals surface area contributed by atoms with Gasteiger partial charge in [-0.15, -0.1) is 0 Å². The fourth-order valence-electron chi connectivity index (χ4n) is 3.91. The van der Waals surface area contributed by atoms with Crippen molar-refractivity contribution < 1.29 is 14.3 Å². The van der Waals surface area contributed by atoms with Crippen molar-refractivity contribution >= 4 is 5.91 Å². The van der Waals surface area contributed by atoms with Crippen molar-refractivity contribution in [3.05, 3.63) is 23.8 Å². The Morgan fingerprint density at radius 1 is 1.14 bits per heavy atom. The monoisotopic (exact) mass is 302 g/mol. The molecule has 2 fully saturated rings. The molecule has 1 aromatic rings. The molecule has 0 aliphatic carbocycles. The molecule has 0 aromatic heterocycles. The third-order valence-electron chi connectivity index (χ3n) is 5.23. The third kappa shape index (κ3) is 2.24. The van der Waals surface area contributed by atoms with Crippen LogP contribution in [0.5, 0.6) is 11.5 Å². The molecule has 5 heteroatoms. The lowest BCUT2D eigenvalue weighted by atomic mass is 10.1. The lowest BCUT2D eigenvalue weighted by Gasteiger charge is -2.27. The first-order chi connectivity index (χ1) is 10.7. The van der Waals surface area contributed by atoms with Gasteiger partial charge in [0.1, 0.15) is 13.2 Å². The van der Waals surface area contributed by atoms with Crippen molar-refractivity contribution in [2.45, 2.75) is 31.3 Å². The van der Waals surface area contributed by atoms with E-state index >= 15 is 0 Å². The Morgan fingerprint density at radius 3 is 2.86 bits per heavy atom. The van der Waals surface area contributed by atoms with E-state index in [0.717, 1.165) is 19.5 Å². The standard InChI is InChI=1S/C17H22N2O3/c1-18-12-5-6-13(18)11-19(8-7-12)17(20)14-3-2-4-15-16(14)22-10-9-21-15/h2-4,12-13H,5-11H2,1H3/t12-,13+/m0/s1. The maximum absolute atomic E-state index is 13.0. The minimum Gasteiger partial charge on any atom is -0.486 e. The number of rotatable bonds is 1. The smallest absolute Gasteiger partial charge is 0.257 e. The van der Waals surface area contributed by atoms with E-state index in [1.807, 2.05) is 23.1 Å². The van der Waals surface area contributed by atoms with E-state index in [0.29, 0.717) is 42.4 Å². The lowest BCUT2D eigenvalue weighted by Crippen LogP contribution is -2.40. The number of benzene rings is 1. The fraction of sp³-hybridized carbons (Fsp3) is 0.588. The van der Waals surface area contributed by atoms with Crippen LogP contribution in [-0.2, 0) is 0 Å². The van der Waals surface area contributed by atoms with Gasteiger partial charge >= 0.3 is 0 Å². The van der Waals surface area contributed by atoms with E-state index in [1.54, 1.807) is 0 Å². The van der Waals surface area contributed by atoms with Gasteiger partial charge in [0.15, 0.2) is 11.5 Å². The molecule has 3 heterocycles. The molecule has 2 atom stereocenters. The zero-order valence-electron chi connectivity index (χ0n) is 13.0. The Balaban J connectivity index is 1.60. The molecule has 2 bridgehead atoms. The molecule has 2 saturated heterocycles. The normalized spacial score (nSPS) is 27.6. The van der Waals surface area contributed by atoms with Crippen LogP contribution in [0.2, 0.25) is 0 Å². The van der Waals surface area contributed by atoms with Crippen LogP contribution in [0.25, 0.3) is 0 Å². The zero-order valence-corrected chi connectivity index (χ0v) is 13.0. The number of amides is 1. The Bertz CT molecular complexity index is 589. The Kier molecular flexibility index (Phi) is 3.45. The van der Waals surface area contributed by atoms with Crippen LogP contribution in [0.3, 0.4) is 0 Å². The molecular formula is C17H22N2O3. The molecule has 0 radical (unpaired) electrons. The van der Waals surface area contributed by atoms with E-state index in [-0.39, 0.29) is 5.91 Å². The molecule has 4 rings (SSSR count). The van der Waals surface area contributed by atoms with Crippen LogP contribution >= 0.6 is 0 Å². The predicted molar refractivity (Wildman–Crippen MR) is 82.5 cm³/mol. The highest BCUT2D eigenvalue weighted by Crippen LogP contribution is 2.35. The summed E-state index contributed by atoms with van der Waals surface area (Å²) in [4.78, 5) is 17.4. The van der Waals surface area contributed by atoms with Crippen molar-refractivity contribution in [2.24, 2.45) is 0 Å². The average molecular weight is 302 g/mol. The van der Waals surface area contributed by atoms with Crippen LogP contribution in [0, 0.1) is 0 Å². The molecule has 1 aromatic carbocycles. The first kappa shape index (κ1) is 13.9. The quantitative estimate of drug-likeness (QED) is 0.793. The molecule has 1 amide bonds. The van der Waals surface area contributed by atoms with Gasteiger partial charge in [0, 0.05) is 25.2 Å². The van der Waals surface area contributed by atoms with Crippen LogP contribution in [0.15, 0.2) is 18.2 Å². The second-order valence-corrected chi connectivity index (χ2v) is 6.42. The van der Waals surface area contributed by atoms with E-state index in [9.17, 15) is 4.79 Å². The van der Waals surface area contributed by atoms with Gasteiger partial charge in [-0.1, -0.05) is 6.07 Å². The number of likely N-dealkylation sites (tertiary alicyclic amines) is 1. The first-order valence-corrected chi connectivity index (χ1v) is 8.14. The highest BCUT2D eigenvalue weighted by atomic mass is 16.6. The molecule has 0 N–H and O–H groups in total. The largest absolute Gasteiger partial charge is 0.486 e. The second kappa shape index (κ2) is 5.47. The van der Waals surface area contributed by atoms with Crippen molar-refractivity contribution in [1.29, 1.82) is 0 Å². The Labute approximate surface area is 130 Å². The number of carbonyl (C=O) groups excluding carboxylic acids is 1. The summed E-state index contributed by atoms with van der Waals surface area (Å²) in [6.45, 7) is 2.69. The third-order valence-corrected chi connectivity index (χ3v) is 5.23. The average Bonchev–Trinajstić information content (AvgIpc) is 2.79. The predicted octanol–water partition coefficient (Wildman–Crippen LogP) is 1.77. The second-order valence-electron chi connectivity index (χ2n) is 6.42. The molecule has 5 nitrogen and oxygen atoms in total. The summed E-state index contributed by atoms with van der Waals surface area (Å²) in [5.41, 5.74) is 0.637. The first-order valence-electron chi connectivity index (χ1n) is 8.14. The van der Waals surface area contributed by atoms with Gasteiger partial charge in [0.05, 0.1) is 5.56 Å². The van der Waals surface area contributed by atoms with Crippen molar-refractivity contribution in [3.63, 3.8) is 0 Å². The minimum absolute atomic E-state index is 0.0725. The Hall–Kier alpha value is -1.75. The number of fused-ring (bicyclic) bond motifs is 3. The topological polar surface area (TPSA) is 42.0 Å². The van der Waals surface area contributed by atoms with Crippen LogP contribution in [0.1, 0.15) is 29.6 Å². The van der Waals surface area contributed by atoms with Gasteiger partial charge in [0.25, 0.3) is 5.91 Å². The number of hydrogen-bond acceptors (Lipinski definition) is 4. The molecule has 3 aliphatic heterocycles. The molecule has 118 valence electrons. The number of carbonyl (C=O) groups is 1. The summed E-state index contributed by atoms with van der Waals surface area (Å²) in [6.07, 6.45) is 3.52. The SMILES string of the molecule is CN1[C@H]2CC[C@@H]1CN(C(=O)c1cccc3c1OCCO3)CC2. The summed E-state index contributed by atoms with van der Waals surface area (Å²) in [5.74, 6) is 1.37. The summed E-state index contributed by atoms with van der Waals surface area (Å²) in [6, 6.07) is 6.71. The van der Waals surface area contributed by atoms with E-state index < -0.39 is 0 Å². The fourth-order valence-corrected chi connectivity index (χ4v) is 3.91. The van der Waals surface area contributed by atoms with Gasteiger partial charge in [-0.25, -0.2) is 0 Å². The van der Waals surface area contributed by atoms with Gasteiger partial charge in [-0.3, -0.25) is 9.69 Å². The number of nitrogens with zero attached hydrogens (tertiary/aromatic N) is 2. The maximum Gasteiger partial charge on any atom is 0.257 e. The molecular weight excluding hydrogens is 280 g/mol. The number of ether oxygens (including phenoxy) is 2. The van der Waals surface area contributed by atoms with Crippen molar-refractivity contribution in [3.8, 4) is 11.5 Å². The number of hydrogen-bond donors (Lipinski definition) is 0. The van der Waals surface area contributed by atoms with E-state index in [4.69, 9.17) is 9.47 Å². The van der Waals surface area contributed by atoms with Gasteiger partial charge in [0.2, 0.25) is 0 Å². The lowest BCUT2D eigenvalue weighted by molar-refractivity contribution is 0.0730. The van der Waals surface area contributed by atoms with E-state index in [1.165, 1.54) is 12.8 Å². The van der Waals surface area contributed by atoms with Crippen LogP contribution in [-0.4, -0.2) is 61.1 Å². The summed E-state index contributed by atoms with van der Waals surface area (Å²) < 4.78 is 11.3. The summed E-state index contributed by atoms with van der Waals surface area (Å²) in [5, 5.41) is 0. The minimum atomic E-state index is 0.0725. The summed E-state index contributed by atoms with van der Waals surface area (Å²) >= 11 is 0. The van der Waals surface area contributed by atoms with Crippen molar-refractivity contribution in [2.75, 3.05) is 33.4 Å². The van der Waals surface area contributed by atoms with Crippen LogP contribution in [0.4, 0.5) is 0 Å². The highest BCUT2D eigenvalue weighted by molar-refractivity contribution is 5.98. The molecule has 3 aliphatic rings.